The second-order valence-corrected chi connectivity index (χ2v) is 10.7. The first-order chi connectivity index (χ1) is 14.7. The van der Waals surface area contributed by atoms with Gasteiger partial charge >= 0.3 is 0 Å². The molecule has 2 atom stereocenters. The Morgan fingerprint density at radius 3 is 2.55 bits per heavy atom. The van der Waals surface area contributed by atoms with Crippen molar-refractivity contribution < 1.29 is 18.0 Å². The lowest BCUT2D eigenvalue weighted by Gasteiger charge is -2.27. The number of anilines is 1. The number of carbonyl (C=O) groups is 2. The van der Waals surface area contributed by atoms with E-state index in [4.69, 9.17) is 0 Å². The molecule has 1 aromatic heterocycles. The Bertz CT molecular complexity index is 1000. The number of benzene rings is 1. The summed E-state index contributed by atoms with van der Waals surface area (Å²) in [4.78, 5) is 28.7. The van der Waals surface area contributed by atoms with Crippen LogP contribution in [0.15, 0.2) is 41.8 Å². The van der Waals surface area contributed by atoms with Gasteiger partial charge in [0, 0.05) is 36.6 Å². The molecule has 1 aliphatic heterocycles. The van der Waals surface area contributed by atoms with Gasteiger partial charge in [0.25, 0.3) is 0 Å². The van der Waals surface area contributed by atoms with Crippen molar-refractivity contribution in [2.24, 2.45) is 5.92 Å². The number of carbonyl (C=O) groups excluding carboxylic acids is 2. The number of aryl methyl sites for hydroxylation is 1. The monoisotopic (exact) mass is 463 g/mol. The summed E-state index contributed by atoms with van der Waals surface area (Å²) in [5.41, 5.74) is 1.89. The molecule has 2 heterocycles. The molecule has 2 amide bonds. The van der Waals surface area contributed by atoms with Crippen LogP contribution in [0.25, 0.3) is 0 Å². The summed E-state index contributed by atoms with van der Waals surface area (Å²) in [6.07, 6.45) is 1.84. The largest absolute Gasteiger partial charge is 0.356 e. The Morgan fingerprint density at radius 1 is 1.26 bits per heavy atom. The smallest absolute Gasteiger partial charge is 0.228 e. The molecule has 0 radical (unpaired) electrons. The third-order valence-electron chi connectivity index (χ3n) is 5.51. The fourth-order valence-electron chi connectivity index (χ4n) is 3.92. The van der Waals surface area contributed by atoms with Crippen molar-refractivity contribution in [2.45, 2.75) is 32.7 Å². The third kappa shape index (κ3) is 5.53. The molecule has 0 saturated carbocycles. The minimum absolute atomic E-state index is 0.0726. The topological polar surface area (TPSA) is 86.8 Å². The number of rotatable bonds is 9. The molecule has 1 aromatic carbocycles. The van der Waals surface area contributed by atoms with Gasteiger partial charge in [0.1, 0.15) is 0 Å². The van der Waals surface area contributed by atoms with Crippen molar-refractivity contribution in [3.63, 3.8) is 0 Å². The van der Waals surface area contributed by atoms with E-state index in [-0.39, 0.29) is 24.3 Å². The molecule has 1 N–H and O–H groups in total. The van der Waals surface area contributed by atoms with Crippen LogP contribution in [0.2, 0.25) is 0 Å². The first kappa shape index (κ1) is 23.4. The molecule has 168 valence electrons. The van der Waals surface area contributed by atoms with E-state index >= 15 is 0 Å². The molecule has 1 saturated heterocycles. The van der Waals surface area contributed by atoms with E-state index in [1.165, 1.54) is 21.9 Å². The first-order valence-electron chi connectivity index (χ1n) is 10.4. The van der Waals surface area contributed by atoms with Crippen LogP contribution in [0.1, 0.15) is 36.2 Å². The Balaban J connectivity index is 1.71. The molecular formula is C22H29N3O4S2. The van der Waals surface area contributed by atoms with Gasteiger partial charge in [-0.3, -0.25) is 9.59 Å². The summed E-state index contributed by atoms with van der Waals surface area (Å²) in [6.45, 7) is 4.89. The van der Waals surface area contributed by atoms with E-state index in [0.29, 0.717) is 26.1 Å². The highest BCUT2D eigenvalue weighted by Crippen LogP contribution is 2.43. The van der Waals surface area contributed by atoms with E-state index in [1.807, 2.05) is 48.7 Å². The number of hydrogen-bond donors (Lipinski definition) is 1. The Kier molecular flexibility index (Phi) is 7.51. The summed E-state index contributed by atoms with van der Waals surface area (Å²) in [6, 6.07) is 11.3. The number of hydrogen-bond acceptors (Lipinski definition) is 5. The SMILES string of the molecule is CCN(CCCNC(=O)C1CC(=O)N(c2ccc(C)cc2)C1c1cccs1)S(C)(=O)=O. The highest BCUT2D eigenvalue weighted by Gasteiger charge is 2.45. The number of nitrogens with one attached hydrogen (secondary N) is 1. The van der Waals surface area contributed by atoms with Crippen molar-refractivity contribution in [3.8, 4) is 0 Å². The van der Waals surface area contributed by atoms with Gasteiger partial charge in [-0.1, -0.05) is 30.7 Å². The van der Waals surface area contributed by atoms with E-state index < -0.39 is 15.9 Å². The lowest BCUT2D eigenvalue weighted by Crippen LogP contribution is -2.37. The zero-order chi connectivity index (χ0) is 22.6. The predicted molar refractivity (Wildman–Crippen MR) is 124 cm³/mol. The van der Waals surface area contributed by atoms with Crippen LogP contribution >= 0.6 is 11.3 Å². The third-order valence-corrected chi connectivity index (χ3v) is 7.83. The number of sulfonamides is 1. The summed E-state index contributed by atoms with van der Waals surface area (Å²) >= 11 is 1.54. The molecule has 2 aromatic rings. The average Bonchev–Trinajstić information content (AvgIpc) is 3.35. The van der Waals surface area contributed by atoms with Crippen molar-refractivity contribution in [1.82, 2.24) is 9.62 Å². The van der Waals surface area contributed by atoms with Crippen LogP contribution in [0, 0.1) is 12.8 Å². The summed E-state index contributed by atoms with van der Waals surface area (Å²) in [5, 5.41) is 4.86. The summed E-state index contributed by atoms with van der Waals surface area (Å²) < 4.78 is 24.8. The highest BCUT2D eigenvalue weighted by atomic mass is 32.2. The van der Waals surface area contributed by atoms with Gasteiger partial charge in [-0.05, 0) is 36.9 Å². The molecule has 3 rings (SSSR count). The fourth-order valence-corrected chi connectivity index (χ4v) is 5.73. The van der Waals surface area contributed by atoms with Crippen molar-refractivity contribution in [2.75, 3.05) is 30.8 Å². The maximum atomic E-state index is 13.0. The Labute approximate surface area is 188 Å². The molecule has 9 heteroatoms. The van der Waals surface area contributed by atoms with Crippen LogP contribution in [-0.4, -0.2) is 50.4 Å². The quantitative estimate of drug-likeness (QED) is 0.580. The normalized spacial score (nSPS) is 19.2. The van der Waals surface area contributed by atoms with Gasteiger partial charge in [0.05, 0.1) is 18.2 Å². The van der Waals surface area contributed by atoms with Crippen molar-refractivity contribution in [1.29, 1.82) is 0 Å². The molecular weight excluding hydrogens is 434 g/mol. The Morgan fingerprint density at radius 2 is 1.97 bits per heavy atom. The number of amides is 2. The van der Waals surface area contributed by atoms with E-state index in [9.17, 15) is 18.0 Å². The van der Waals surface area contributed by atoms with Gasteiger partial charge in [0.2, 0.25) is 21.8 Å². The van der Waals surface area contributed by atoms with Gasteiger partial charge in [0.15, 0.2) is 0 Å². The summed E-state index contributed by atoms with van der Waals surface area (Å²) in [5.74, 6) is -0.745. The van der Waals surface area contributed by atoms with E-state index in [1.54, 1.807) is 11.8 Å². The minimum Gasteiger partial charge on any atom is -0.356 e. The average molecular weight is 464 g/mol. The van der Waals surface area contributed by atoms with Crippen LogP contribution in [0.5, 0.6) is 0 Å². The zero-order valence-electron chi connectivity index (χ0n) is 18.1. The molecule has 1 fully saturated rings. The zero-order valence-corrected chi connectivity index (χ0v) is 19.7. The van der Waals surface area contributed by atoms with Crippen LogP contribution in [0.3, 0.4) is 0 Å². The molecule has 1 aliphatic rings. The van der Waals surface area contributed by atoms with Gasteiger partial charge in [-0.15, -0.1) is 11.3 Å². The standard InChI is InChI=1S/C22H29N3O4S2/c1-4-24(31(3,28)29)13-6-12-23-22(27)18-15-20(26)25(17-10-8-16(2)9-11-17)21(18)19-7-5-14-30-19/h5,7-11,14,18,21H,4,6,12-13,15H2,1-3H3,(H,23,27). The maximum absolute atomic E-state index is 13.0. The molecule has 0 spiro atoms. The maximum Gasteiger partial charge on any atom is 0.228 e. The van der Waals surface area contributed by atoms with E-state index in [0.717, 1.165) is 16.1 Å². The predicted octanol–water partition coefficient (Wildman–Crippen LogP) is 2.94. The van der Waals surface area contributed by atoms with Crippen LogP contribution < -0.4 is 10.2 Å². The molecule has 0 aliphatic carbocycles. The second kappa shape index (κ2) is 9.93. The van der Waals surface area contributed by atoms with Gasteiger partial charge < -0.3 is 10.2 Å². The highest BCUT2D eigenvalue weighted by molar-refractivity contribution is 7.88. The Hall–Kier alpha value is -2.23. The van der Waals surface area contributed by atoms with Gasteiger partial charge in [-0.2, -0.15) is 0 Å². The van der Waals surface area contributed by atoms with Crippen LogP contribution in [-0.2, 0) is 19.6 Å². The number of nitrogens with zero attached hydrogens (tertiary/aromatic N) is 2. The van der Waals surface area contributed by atoms with Gasteiger partial charge in [-0.25, -0.2) is 12.7 Å². The van der Waals surface area contributed by atoms with Crippen molar-refractivity contribution >= 4 is 38.9 Å². The van der Waals surface area contributed by atoms with E-state index in [2.05, 4.69) is 5.32 Å². The second-order valence-electron chi connectivity index (χ2n) is 7.77. The van der Waals surface area contributed by atoms with Crippen molar-refractivity contribution in [3.05, 3.63) is 52.2 Å². The number of thiophene rings is 1. The molecule has 31 heavy (non-hydrogen) atoms. The fraction of sp³-hybridized carbons (Fsp3) is 0.455. The molecule has 2 unspecified atom stereocenters. The molecule has 0 bridgehead atoms. The minimum atomic E-state index is -3.25. The first-order valence-corrected chi connectivity index (χ1v) is 13.1. The summed E-state index contributed by atoms with van der Waals surface area (Å²) in [7, 11) is -3.25. The lowest BCUT2D eigenvalue weighted by molar-refractivity contribution is -0.126. The lowest BCUT2D eigenvalue weighted by atomic mass is 9.97. The molecule has 7 nitrogen and oxygen atoms in total. The van der Waals surface area contributed by atoms with Crippen LogP contribution in [0.4, 0.5) is 5.69 Å².